The molecule has 0 amide bonds. The number of nitrogens with zero attached hydrogens (tertiary/aromatic N) is 2. The molecule has 0 saturated carbocycles. The first-order valence-corrected chi connectivity index (χ1v) is 2.96. The topological polar surface area (TPSA) is 50.7 Å². The second-order valence-corrected chi connectivity index (χ2v) is 2.08. The molecule has 1 heterocycles. The third kappa shape index (κ3) is 1.38. The second kappa shape index (κ2) is 2.52. The zero-order valence-corrected chi connectivity index (χ0v) is 4.93. The van der Waals surface area contributed by atoms with Crippen LogP contribution in [0.5, 0.6) is 0 Å². The monoisotopic (exact) mass is 127 g/mol. The van der Waals surface area contributed by atoms with E-state index < -0.39 is 0 Å². The van der Waals surface area contributed by atoms with Crippen LogP contribution in [0, 0.1) is 0 Å². The quantitative estimate of drug-likeness (QED) is 0.516. The zero-order chi connectivity index (χ0) is 5.82. The Morgan fingerprint density at radius 1 is 1.62 bits per heavy atom. The third-order valence-corrected chi connectivity index (χ3v) is 1.19. The van der Waals surface area contributed by atoms with Crippen molar-refractivity contribution in [3.8, 4) is 0 Å². The minimum atomic E-state index is 0.481. The smallest absolute Gasteiger partial charge is 0.184 e. The van der Waals surface area contributed by atoms with Crippen LogP contribution in [0.3, 0.4) is 0 Å². The number of hydrogen-bond acceptors (Lipinski definition) is 4. The number of thioether (sulfide) groups is 1. The molecule has 0 aromatic heterocycles. The first kappa shape index (κ1) is 5.37. The van der Waals surface area contributed by atoms with Crippen molar-refractivity contribution < 1.29 is 0 Å². The molecule has 0 unspecified atom stereocenters. The molecule has 3 nitrogen and oxygen atoms in total. The van der Waals surface area contributed by atoms with Gasteiger partial charge in [0.1, 0.15) is 0 Å². The van der Waals surface area contributed by atoms with Gasteiger partial charge in [-0.25, -0.2) is 0 Å². The summed E-state index contributed by atoms with van der Waals surface area (Å²) in [6, 6.07) is 0. The molecule has 1 aliphatic rings. The number of amidine groups is 1. The van der Waals surface area contributed by atoms with Gasteiger partial charge in [-0.1, -0.05) is 11.8 Å². The summed E-state index contributed by atoms with van der Waals surface area (Å²) in [5, 5.41) is 9.48. The van der Waals surface area contributed by atoms with Gasteiger partial charge in [0, 0.05) is 0 Å². The van der Waals surface area contributed by atoms with Crippen molar-refractivity contribution in [3.63, 3.8) is 0 Å². The second-order valence-electron chi connectivity index (χ2n) is 1.15. The Bertz CT molecular complexity index is 159. The number of allylic oxidation sites excluding steroid dienone is 1. The Morgan fingerprint density at radius 3 is 3.38 bits per heavy atom. The average Bonchev–Trinajstić information content (AvgIpc) is 1.94. The molecular weight excluding hydrogens is 122 g/mol. The van der Waals surface area contributed by atoms with Crippen LogP contribution in [-0.4, -0.2) is 11.4 Å². The minimum absolute atomic E-state index is 0.481. The molecule has 42 valence electrons. The van der Waals surface area contributed by atoms with Gasteiger partial charge in [0.25, 0.3) is 0 Å². The maximum Gasteiger partial charge on any atom is 0.184 e. The molecule has 4 heteroatoms. The van der Waals surface area contributed by atoms with E-state index in [9.17, 15) is 0 Å². The first-order valence-electron chi connectivity index (χ1n) is 2.08. The Labute approximate surface area is 51.4 Å². The minimum Gasteiger partial charge on any atom is -0.377 e. The van der Waals surface area contributed by atoms with E-state index in [0.717, 1.165) is 0 Å². The van der Waals surface area contributed by atoms with E-state index in [0.29, 0.717) is 5.17 Å². The Balaban J connectivity index is 2.69. The van der Waals surface area contributed by atoms with Crippen molar-refractivity contribution in [3.05, 3.63) is 11.5 Å². The molecule has 0 aliphatic carbocycles. The summed E-state index contributed by atoms with van der Waals surface area (Å²) in [6.07, 6.45) is 3.38. The predicted molar refractivity (Wildman–Crippen MR) is 36.8 cm³/mol. The zero-order valence-electron chi connectivity index (χ0n) is 4.11. The summed E-state index contributed by atoms with van der Waals surface area (Å²) in [5.74, 6) is 0. The average molecular weight is 127 g/mol. The third-order valence-electron chi connectivity index (χ3n) is 0.576. The molecule has 0 spiro atoms. The van der Waals surface area contributed by atoms with E-state index in [-0.39, 0.29) is 0 Å². The molecule has 0 aromatic rings. The highest BCUT2D eigenvalue weighted by molar-refractivity contribution is 8.16. The van der Waals surface area contributed by atoms with Crippen molar-refractivity contribution >= 4 is 23.1 Å². The van der Waals surface area contributed by atoms with Crippen molar-refractivity contribution in [2.45, 2.75) is 0 Å². The molecule has 1 rings (SSSR count). The van der Waals surface area contributed by atoms with Gasteiger partial charge in [-0.05, 0) is 11.5 Å². The standard InChI is InChI=1S/C4H5N3S/c5-4-7-6-2-1-3-8-4/h1-3H,(H2,5,7). The molecular formula is C4H5N3S. The fourth-order valence-corrected chi connectivity index (χ4v) is 0.679. The van der Waals surface area contributed by atoms with Crippen LogP contribution in [0.1, 0.15) is 0 Å². The summed E-state index contributed by atoms with van der Waals surface area (Å²) < 4.78 is 0. The van der Waals surface area contributed by atoms with E-state index in [1.807, 2.05) is 5.41 Å². The van der Waals surface area contributed by atoms with Crippen LogP contribution in [0.2, 0.25) is 0 Å². The molecule has 1 aliphatic heterocycles. The molecule has 8 heavy (non-hydrogen) atoms. The summed E-state index contributed by atoms with van der Waals surface area (Å²) in [7, 11) is 0. The van der Waals surface area contributed by atoms with Crippen LogP contribution in [0.4, 0.5) is 0 Å². The van der Waals surface area contributed by atoms with Gasteiger partial charge in [0.15, 0.2) is 5.17 Å². The van der Waals surface area contributed by atoms with Gasteiger partial charge in [0.2, 0.25) is 0 Å². The lowest BCUT2D eigenvalue weighted by Crippen LogP contribution is -2.02. The van der Waals surface area contributed by atoms with Crippen LogP contribution >= 0.6 is 11.8 Å². The van der Waals surface area contributed by atoms with Gasteiger partial charge in [0.05, 0.1) is 6.21 Å². The lowest BCUT2D eigenvalue weighted by molar-refractivity contribution is 1.26. The lowest BCUT2D eigenvalue weighted by atomic mass is 10.7. The molecule has 0 radical (unpaired) electrons. The van der Waals surface area contributed by atoms with Crippen molar-refractivity contribution in [2.75, 3.05) is 0 Å². The van der Waals surface area contributed by atoms with Crippen molar-refractivity contribution in [2.24, 2.45) is 15.9 Å². The predicted octanol–water partition coefficient (Wildman–Crippen LogP) is 0.547. The maximum atomic E-state index is 5.28. The molecule has 2 N–H and O–H groups in total. The van der Waals surface area contributed by atoms with Crippen LogP contribution in [-0.2, 0) is 0 Å². The van der Waals surface area contributed by atoms with Gasteiger partial charge in [-0.2, -0.15) is 5.10 Å². The van der Waals surface area contributed by atoms with E-state index >= 15 is 0 Å². The molecule has 0 saturated heterocycles. The maximum absolute atomic E-state index is 5.28. The van der Waals surface area contributed by atoms with Gasteiger partial charge in [-0.3, -0.25) is 0 Å². The fraction of sp³-hybridized carbons (Fsp3) is 0. The summed E-state index contributed by atoms with van der Waals surface area (Å²) in [6.45, 7) is 0. The highest BCUT2D eigenvalue weighted by Gasteiger charge is 1.87. The van der Waals surface area contributed by atoms with Gasteiger partial charge >= 0.3 is 0 Å². The summed E-state index contributed by atoms with van der Waals surface area (Å²) in [4.78, 5) is 0. The van der Waals surface area contributed by atoms with Crippen molar-refractivity contribution in [1.82, 2.24) is 0 Å². The van der Waals surface area contributed by atoms with Crippen LogP contribution in [0.25, 0.3) is 0 Å². The fourth-order valence-electron chi connectivity index (χ4n) is 0.296. The van der Waals surface area contributed by atoms with Crippen LogP contribution < -0.4 is 5.73 Å². The number of nitrogens with two attached hydrogens (primary N) is 1. The molecule has 0 fully saturated rings. The lowest BCUT2D eigenvalue weighted by Gasteiger charge is -1.84. The normalized spacial score (nSPS) is 17.8. The Hall–Kier alpha value is -0.770. The molecule has 0 atom stereocenters. The van der Waals surface area contributed by atoms with E-state index in [4.69, 9.17) is 5.73 Å². The highest BCUT2D eigenvalue weighted by atomic mass is 32.2. The van der Waals surface area contributed by atoms with Crippen LogP contribution in [0.15, 0.2) is 21.7 Å². The molecule has 0 bridgehead atoms. The Morgan fingerprint density at radius 2 is 2.50 bits per heavy atom. The largest absolute Gasteiger partial charge is 0.377 e. The van der Waals surface area contributed by atoms with E-state index in [1.165, 1.54) is 11.8 Å². The Kier molecular flexibility index (Phi) is 1.69. The van der Waals surface area contributed by atoms with E-state index in [1.54, 1.807) is 12.3 Å². The summed E-state index contributed by atoms with van der Waals surface area (Å²) >= 11 is 1.36. The van der Waals surface area contributed by atoms with E-state index in [2.05, 4.69) is 10.2 Å². The number of hydrogen-bond donors (Lipinski definition) is 1. The molecule has 0 aromatic carbocycles. The number of rotatable bonds is 0. The van der Waals surface area contributed by atoms with Crippen molar-refractivity contribution in [1.29, 1.82) is 0 Å². The summed E-state index contributed by atoms with van der Waals surface area (Å²) in [5.41, 5.74) is 5.28. The SMILES string of the molecule is NC1=NN=CC=CS1. The van der Waals surface area contributed by atoms with Gasteiger partial charge < -0.3 is 5.73 Å². The van der Waals surface area contributed by atoms with Gasteiger partial charge in [-0.15, -0.1) is 5.10 Å². The first-order chi connectivity index (χ1) is 3.89. The highest BCUT2D eigenvalue weighted by Crippen LogP contribution is 2.02.